The van der Waals surface area contributed by atoms with Crippen molar-refractivity contribution in [3.8, 4) is 12.3 Å². The summed E-state index contributed by atoms with van der Waals surface area (Å²) in [6.45, 7) is 1.83. The average molecular weight is 220 g/mol. The molecule has 17 heavy (non-hydrogen) atoms. The highest BCUT2D eigenvalue weighted by Gasteiger charge is 2.41. The maximum absolute atomic E-state index is 11.8. The van der Waals surface area contributed by atoms with Gasteiger partial charge in [-0.2, -0.15) is 0 Å². The highest BCUT2D eigenvalue weighted by Crippen LogP contribution is 2.49. The van der Waals surface area contributed by atoms with E-state index in [2.05, 4.69) is 12.0 Å². The molecule has 1 aromatic carbocycles. The van der Waals surface area contributed by atoms with E-state index in [9.17, 15) is 4.79 Å². The third kappa shape index (κ3) is 1.24. The van der Waals surface area contributed by atoms with Crippen molar-refractivity contribution in [2.75, 3.05) is 0 Å². The molecular weight excluding hydrogens is 208 g/mol. The summed E-state index contributed by atoms with van der Waals surface area (Å²) in [4.78, 5) is 11.8. The maximum Gasteiger partial charge on any atom is 0.181 e. The van der Waals surface area contributed by atoms with Crippen LogP contribution in [0.25, 0.3) is 5.57 Å². The molecule has 1 aromatic rings. The van der Waals surface area contributed by atoms with E-state index in [0.29, 0.717) is 0 Å². The van der Waals surface area contributed by atoms with Crippen LogP contribution in [-0.2, 0) is 11.2 Å². The fourth-order valence-electron chi connectivity index (χ4n) is 2.76. The molecule has 3 rings (SSSR count). The van der Waals surface area contributed by atoms with Gasteiger partial charge < -0.3 is 0 Å². The zero-order valence-corrected chi connectivity index (χ0v) is 9.66. The molecule has 0 radical (unpaired) electrons. The molecule has 0 amide bonds. The minimum Gasteiger partial charge on any atom is -0.290 e. The molecule has 1 nitrogen and oxygen atoms in total. The number of terminal acetylenes is 1. The largest absolute Gasteiger partial charge is 0.290 e. The standard InChI is InChI=1S/C16H12O/c1-3-16-9-11(2)15(17)8-14(16)13-7-5-4-6-12(13)10-16/h1,4-9H,10H2,2H3. The fourth-order valence-corrected chi connectivity index (χ4v) is 2.76. The van der Waals surface area contributed by atoms with Crippen molar-refractivity contribution in [1.82, 2.24) is 0 Å². The second-order valence-corrected chi connectivity index (χ2v) is 4.70. The molecule has 2 aliphatic carbocycles. The van der Waals surface area contributed by atoms with Gasteiger partial charge in [0, 0.05) is 0 Å². The zero-order valence-electron chi connectivity index (χ0n) is 9.66. The Kier molecular flexibility index (Phi) is 1.91. The summed E-state index contributed by atoms with van der Waals surface area (Å²) in [6, 6.07) is 8.13. The van der Waals surface area contributed by atoms with Crippen molar-refractivity contribution < 1.29 is 4.79 Å². The second-order valence-electron chi connectivity index (χ2n) is 4.70. The monoisotopic (exact) mass is 220 g/mol. The Morgan fingerprint density at radius 3 is 2.88 bits per heavy atom. The van der Waals surface area contributed by atoms with Crippen LogP contribution in [0, 0.1) is 17.8 Å². The lowest BCUT2D eigenvalue weighted by Gasteiger charge is -2.25. The molecule has 0 aliphatic heterocycles. The molecule has 1 unspecified atom stereocenters. The van der Waals surface area contributed by atoms with E-state index in [4.69, 9.17) is 6.42 Å². The molecule has 0 N–H and O–H groups in total. The molecule has 0 aromatic heterocycles. The number of carbonyl (C=O) groups is 1. The van der Waals surface area contributed by atoms with Crippen LogP contribution in [0.5, 0.6) is 0 Å². The Hall–Kier alpha value is -2.07. The molecule has 0 heterocycles. The van der Waals surface area contributed by atoms with E-state index >= 15 is 0 Å². The Balaban J connectivity index is 2.28. The number of allylic oxidation sites excluding steroid dienone is 4. The van der Waals surface area contributed by atoms with Crippen LogP contribution >= 0.6 is 0 Å². The molecule has 0 bridgehead atoms. The van der Waals surface area contributed by atoms with E-state index in [1.165, 1.54) is 5.56 Å². The number of hydrogen-bond acceptors (Lipinski definition) is 1. The van der Waals surface area contributed by atoms with Crippen LogP contribution in [-0.4, -0.2) is 5.78 Å². The van der Waals surface area contributed by atoms with Crippen molar-refractivity contribution in [2.45, 2.75) is 13.3 Å². The van der Waals surface area contributed by atoms with Gasteiger partial charge in [0.05, 0.1) is 5.41 Å². The van der Waals surface area contributed by atoms with Crippen molar-refractivity contribution in [2.24, 2.45) is 5.41 Å². The number of carbonyl (C=O) groups excluding carboxylic acids is 1. The van der Waals surface area contributed by atoms with Crippen molar-refractivity contribution in [1.29, 1.82) is 0 Å². The summed E-state index contributed by atoms with van der Waals surface area (Å²) in [5.74, 6) is 2.95. The molecule has 2 aliphatic rings. The van der Waals surface area contributed by atoms with Gasteiger partial charge in [0.25, 0.3) is 0 Å². The summed E-state index contributed by atoms with van der Waals surface area (Å²) >= 11 is 0. The van der Waals surface area contributed by atoms with Gasteiger partial charge in [0.1, 0.15) is 0 Å². The lowest BCUT2D eigenvalue weighted by Crippen LogP contribution is -2.21. The van der Waals surface area contributed by atoms with Crippen molar-refractivity contribution in [3.05, 3.63) is 53.1 Å². The van der Waals surface area contributed by atoms with Crippen LogP contribution in [0.1, 0.15) is 18.1 Å². The van der Waals surface area contributed by atoms with Crippen LogP contribution in [0.4, 0.5) is 0 Å². The summed E-state index contributed by atoms with van der Waals surface area (Å²) in [5.41, 5.74) is 3.70. The summed E-state index contributed by atoms with van der Waals surface area (Å²) in [6.07, 6.45) is 10.2. The number of ketones is 1. The van der Waals surface area contributed by atoms with Crippen LogP contribution in [0.2, 0.25) is 0 Å². The minimum absolute atomic E-state index is 0.0718. The Bertz CT molecular complexity index is 625. The summed E-state index contributed by atoms with van der Waals surface area (Å²) < 4.78 is 0. The van der Waals surface area contributed by atoms with Gasteiger partial charge in [-0.15, -0.1) is 6.42 Å². The summed E-state index contributed by atoms with van der Waals surface area (Å²) in [7, 11) is 0. The second kappa shape index (κ2) is 3.21. The Morgan fingerprint density at radius 2 is 2.12 bits per heavy atom. The average Bonchev–Trinajstić information content (AvgIpc) is 2.65. The van der Waals surface area contributed by atoms with Crippen molar-refractivity contribution >= 4 is 11.4 Å². The Labute approximate surface area is 101 Å². The van der Waals surface area contributed by atoms with Gasteiger partial charge >= 0.3 is 0 Å². The highest BCUT2D eigenvalue weighted by atomic mass is 16.1. The van der Waals surface area contributed by atoms with Gasteiger partial charge in [0.2, 0.25) is 0 Å². The van der Waals surface area contributed by atoms with Crippen LogP contribution < -0.4 is 0 Å². The number of benzene rings is 1. The predicted molar refractivity (Wildman–Crippen MR) is 68.2 cm³/mol. The fraction of sp³-hybridized carbons (Fsp3) is 0.188. The van der Waals surface area contributed by atoms with E-state index < -0.39 is 5.41 Å². The first-order valence-corrected chi connectivity index (χ1v) is 5.68. The molecule has 0 saturated carbocycles. The third-order valence-corrected chi connectivity index (χ3v) is 3.64. The topological polar surface area (TPSA) is 17.1 Å². The first kappa shape index (κ1) is 10.1. The van der Waals surface area contributed by atoms with E-state index in [1.54, 1.807) is 6.08 Å². The zero-order chi connectivity index (χ0) is 12.0. The van der Waals surface area contributed by atoms with Crippen LogP contribution in [0.15, 0.2) is 42.0 Å². The quantitative estimate of drug-likeness (QED) is 0.614. The van der Waals surface area contributed by atoms with Gasteiger partial charge in [-0.25, -0.2) is 0 Å². The normalized spacial score (nSPS) is 25.5. The lowest BCUT2D eigenvalue weighted by atomic mass is 9.76. The first-order valence-electron chi connectivity index (χ1n) is 5.68. The molecule has 1 atom stereocenters. The Morgan fingerprint density at radius 1 is 1.35 bits per heavy atom. The SMILES string of the molecule is C#CC12C=C(C)C(=O)C=C1c1ccccc1C2. The van der Waals surface area contributed by atoms with Gasteiger partial charge in [-0.1, -0.05) is 36.3 Å². The van der Waals surface area contributed by atoms with Gasteiger partial charge in [-0.05, 0) is 41.7 Å². The third-order valence-electron chi connectivity index (χ3n) is 3.64. The minimum atomic E-state index is -0.401. The van der Waals surface area contributed by atoms with Crippen LogP contribution in [0.3, 0.4) is 0 Å². The first-order chi connectivity index (χ1) is 8.16. The van der Waals surface area contributed by atoms with E-state index in [-0.39, 0.29) is 5.78 Å². The maximum atomic E-state index is 11.8. The van der Waals surface area contributed by atoms with E-state index in [0.717, 1.165) is 23.1 Å². The smallest absolute Gasteiger partial charge is 0.181 e. The van der Waals surface area contributed by atoms with E-state index in [1.807, 2.05) is 31.2 Å². The predicted octanol–water partition coefficient (Wildman–Crippen LogP) is 2.77. The molecule has 0 spiro atoms. The van der Waals surface area contributed by atoms with Gasteiger partial charge in [0.15, 0.2) is 5.78 Å². The lowest BCUT2D eigenvalue weighted by molar-refractivity contribution is -0.111. The molecule has 1 heteroatoms. The molecule has 0 saturated heterocycles. The number of hydrogen-bond donors (Lipinski definition) is 0. The van der Waals surface area contributed by atoms with Crippen molar-refractivity contribution in [3.63, 3.8) is 0 Å². The molecule has 82 valence electrons. The number of fused-ring (bicyclic) bond motifs is 3. The molecular formula is C16H12O. The molecule has 0 fully saturated rings. The van der Waals surface area contributed by atoms with Gasteiger partial charge in [-0.3, -0.25) is 4.79 Å². The summed E-state index contributed by atoms with van der Waals surface area (Å²) in [5, 5.41) is 0. The number of rotatable bonds is 0. The highest BCUT2D eigenvalue weighted by molar-refractivity contribution is 6.12.